The number of likely N-dealkylation sites (tertiary alicyclic amines) is 1. The van der Waals surface area contributed by atoms with E-state index in [2.05, 4.69) is 24.9 Å². The van der Waals surface area contributed by atoms with Gasteiger partial charge in [-0.15, -0.1) is 0 Å². The second-order valence-corrected chi connectivity index (χ2v) is 8.38. The molecule has 0 saturated carbocycles. The Hall–Kier alpha value is -2.50. The molecule has 28 heavy (non-hydrogen) atoms. The highest BCUT2D eigenvalue weighted by Gasteiger charge is 2.48. The maximum atomic E-state index is 13.0. The van der Waals surface area contributed by atoms with Gasteiger partial charge in [0.05, 0.1) is 6.54 Å². The Labute approximate surface area is 165 Å². The summed E-state index contributed by atoms with van der Waals surface area (Å²) in [4.78, 5) is 32.3. The summed E-state index contributed by atoms with van der Waals surface area (Å²) < 4.78 is 5.81. The molecule has 0 unspecified atom stereocenters. The number of hydrogen-bond donors (Lipinski definition) is 1. The molecule has 2 aliphatic heterocycles. The molecule has 150 valence electrons. The summed E-state index contributed by atoms with van der Waals surface area (Å²) in [7, 11) is 0. The fourth-order valence-electron chi connectivity index (χ4n) is 4.48. The molecule has 1 N–H and O–H groups in total. The van der Waals surface area contributed by atoms with Crippen LogP contribution in [0.25, 0.3) is 10.9 Å². The smallest absolute Gasteiger partial charge is 0.410 e. The highest BCUT2D eigenvalue weighted by atomic mass is 16.6. The monoisotopic (exact) mass is 383 g/mol. The highest BCUT2D eigenvalue weighted by Crippen LogP contribution is 2.35. The number of aromatic amines is 1. The lowest BCUT2D eigenvalue weighted by Gasteiger charge is -2.37. The van der Waals surface area contributed by atoms with Crippen molar-refractivity contribution < 1.29 is 14.3 Å². The number of hydrogen-bond acceptors (Lipinski definition) is 3. The van der Waals surface area contributed by atoms with Gasteiger partial charge in [-0.2, -0.15) is 0 Å². The zero-order valence-corrected chi connectivity index (χ0v) is 17.0. The SMILES string of the molecule is CCC[C@@H](C)N1CC2(CCN(C(=O)c3cc4cc(C)ccc4[nH]3)CC2)OC1=O. The molecule has 1 spiro atoms. The third-order valence-electron chi connectivity index (χ3n) is 6.20. The van der Waals surface area contributed by atoms with Crippen LogP contribution in [0, 0.1) is 6.92 Å². The summed E-state index contributed by atoms with van der Waals surface area (Å²) >= 11 is 0. The Morgan fingerprint density at radius 3 is 2.75 bits per heavy atom. The van der Waals surface area contributed by atoms with Crippen LogP contribution in [-0.4, -0.2) is 58.1 Å². The maximum Gasteiger partial charge on any atom is 0.410 e. The first-order chi connectivity index (χ1) is 13.4. The van der Waals surface area contributed by atoms with Crippen molar-refractivity contribution in [3.63, 3.8) is 0 Å². The quantitative estimate of drug-likeness (QED) is 0.865. The summed E-state index contributed by atoms with van der Waals surface area (Å²) in [6.45, 7) is 8.11. The summed E-state index contributed by atoms with van der Waals surface area (Å²) in [5.41, 5.74) is 2.34. The molecule has 1 aromatic heterocycles. The Kier molecular flexibility index (Phi) is 4.81. The minimum absolute atomic E-state index is 0.0178. The first-order valence-electron chi connectivity index (χ1n) is 10.3. The van der Waals surface area contributed by atoms with Gasteiger partial charge in [0.25, 0.3) is 5.91 Å². The molecular formula is C22H29N3O3. The minimum atomic E-state index is -0.437. The van der Waals surface area contributed by atoms with Crippen molar-refractivity contribution in [2.45, 2.75) is 58.1 Å². The minimum Gasteiger partial charge on any atom is -0.441 e. The summed E-state index contributed by atoms with van der Waals surface area (Å²) in [5, 5.41) is 1.06. The number of rotatable bonds is 4. The van der Waals surface area contributed by atoms with E-state index in [1.807, 2.05) is 34.9 Å². The van der Waals surface area contributed by atoms with Crippen molar-refractivity contribution in [3.05, 3.63) is 35.5 Å². The number of ether oxygens (including phenoxy) is 1. The standard InChI is InChI=1S/C22H29N3O3/c1-4-5-16(3)25-14-22(28-21(25)27)8-10-24(11-9-22)20(26)19-13-17-12-15(2)6-7-18(17)23-19/h6-7,12-13,16,23H,4-5,8-11,14H2,1-3H3/t16-/m1/s1. The van der Waals surface area contributed by atoms with Gasteiger partial charge in [-0.25, -0.2) is 4.79 Å². The van der Waals surface area contributed by atoms with Crippen molar-refractivity contribution in [3.8, 4) is 0 Å². The number of amides is 2. The normalized spacial score (nSPS) is 20.0. The Morgan fingerprint density at radius 1 is 1.29 bits per heavy atom. The van der Waals surface area contributed by atoms with Crippen molar-refractivity contribution in [1.82, 2.24) is 14.8 Å². The average Bonchev–Trinajstić information content (AvgIpc) is 3.23. The zero-order chi connectivity index (χ0) is 19.9. The molecule has 0 radical (unpaired) electrons. The number of benzene rings is 1. The molecule has 2 fully saturated rings. The van der Waals surface area contributed by atoms with Crippen LogP contribution in [0.1, 0.15) is 55.6 Å². The van der Waals surface area contributed by atoms with E-state index in [1.54, 1.807) is 0 Å². The number of carbonyl (C=O) groups excluding carboxylic acids is 2. The van der Waals surface area contributed by atoms with E-state index >= 15 is 0 Å². The van der Waals surface area contributed by atoms with E-state index in [0.29, 0.717) is 38.2 Å². The van der Waals surface area contributed by atoms with Gasteiger partial charge in [0.1, 0.15) is 11.3 Å². The van der Waals surface area contributed by atoms with E-state index in [-0.39, 0.29) is 18.0 Å². The van der Waals surface area contributed by atoms with Gasteiger partial charge in [-0.3, -0.25) is 4.79 Å². The number of H-pyrrole nitrogens is 1. The number of aromatic nitrogens is 1. The Bertz CT molecular complexity index is 896. The molecule has 3 heterocycles. The lowest BCUT2D eigenvalue weighted by atomic mass is 9.90. The van der Waals surface area contributed by atoms with Crippen LogP contribution in [0.15, 0.2) is 24.3 Å². The molecule has 2 aliphatic rings. The van der Waals surface area contributed by atoms with Gasteiger partial charge >= 0.3 is 6.09 Å². The van der Waals surface area contributed by atoms with Gasteiger partial charge < -0.3 is 19.5 Å². The maximum absolute atomic E-state index is 13.0. The van der Waals surface area contributed by atoms with E-state index in [9.17, 15) is 9.59 Å². The van der Waals surface area contributed by atoms with Crippen molar-refractivity contribution in [1.29, 1.82) is 0 Å². The number of nitrogens with zero attached hydrogens (tertiary/aromatic N) is 2. The third-order valence-corrected chi connectivity index (χ3v) is 6.20. The molecule has 0 aliphatic carbocycles. The average molecular weight is 383 g/mol. The molecule has 2 aromatic rings. The predicted molar refractivity (Wildman–Crippen MR) is 108 cm³/mol. The lowest BCUT2D eigenvalue weighted by Crippen LogP contribution is -2.49. The van der Waals surface area contributed by atoms with Crippen molar-refractivity contribution in [2.24, 2.45) is 0 Å². The molecule has 2 amide bonds. The van der Waals surface area contributed by atoms with E-state index in [4.69, 9.17) is 4.74 Å². The van der Waals surface area contributed by atoms with Crippen LogP contribution in [0.2, 0.25) is 0 Å². The van der Waals surface area contributed by atoms with Crippen LogP contribution < -0.4 is 0 Å². The van der Waals surface area contributed by atoms with Crippen LogP contribution in [0.5, 0.6) is 0 Å². The van der Waals surface area contributed by atoms with E-state index in [0.717, 1.165) is 23.7 Å². The van der Waals surface area contributed by atoms with Crippen molar-refractivity contribution >= 4 is 22.9 Å². The number of piperidine rings is 1. The molecule has 6 nitrogen and oxygen atoms in total. The van der Waals surface area contributed by atoms with Gasteiger partial charge in [0.2, 0.25) is 0 Å². The Morgan fingerprint density at radius 2 is 2.04 bits per heavy atom. The van der Waals surface area contributed by atoms with Gasteiger partial charge in [0.15, 0.2) is 0 Å². The highest BCUT2D eigenvalue weighted by molar-refractivity contribution is 5.98. The zero-order valence-electron chi connectivity index (χ0n) is 17.0. The molecular weight excluding hydrogens is 354 g/mol. The predicted octanol–water partition coefficient (Wildman–Crippen LogP) is 4.09. The number of fused-ring (bicyclic) bond motifs is 1. The first kappa shape index (κ1) is 18.8. The molecule has 0 bridgehead atoms. The lowest BCUT2D eigenvalue weighted by molar-refractivity contribution is 0.00292. The largest absolute Gasteiger partial charge is 0.441 e. The van der Waals surface area contributed by atoms with Gasteiger partial charge in [-0.05, 0) is 38.5 Å². The summed E-state index contributed by atoms with van der Waals surface area (Å²) in [5.74, 6) is 0.0178. The van der Waals surface area contributed by atoms with Crippen LogP contribution in [0.4, 0.5) is 4.79 Å². The molecule has 4 rings (SSSR count). The topological polar surface area (TPSA) is 65.6 Å². The molecule has 6 heteroatoms. The number of nitrogens with one attached hydrogen (secondary N) is 1. The Balaban J connectivity index is 1.42. The van der Waals surface area contributed by atoms with Gasteiger partial charge in [-0.1, -0.05) is 25.0 Å². The van der Waals surface area contributed by atoms with Gasteiger partial charge in [0, 0.05) is 42.9 Å². The number of carbonyl (C=O) groups is 2. The summed E-state index contributed by atoms with van der Waals surface area (Å²) in [6.07, 6.45) is 3.21. The fraction of sp³-hybridized carbons (Fsp3) is 0.545. The molecule has 1 atom stereocenters. The second kappa shape index (κ2) is 7.15. The first-order valence-corrected chi connectivity index (χ1v) is 10.3. The van der Waals surface area contributed by atoms with Crippen molar-refractivity contribution in [2.75, 3.05) is 19.6 Å². The fourth-order valence-corrected chi connectivity index (χ4v) is 4.48. The summed E-state index contributed by atoms with van der Waals surface area (Å²) in [6, 6.07) is 8.26. The second-order valence-electron chi connectivity index (χ2n) is 8.38. The number of aryl methyl sites for hydroxylation is 1. The molecule has 2 saturated heterocycles. The van der Waals surface area contributed by atoms with E-state index < -0.39 is 5.60 Å². The third kappa shape index (κ3) is 3.36. The molecule has 1 aromatic carbocycles. The van der Waals surface area contributed by atoms with Crippen LogP contribution in [-0.2, 0) is 4.74 Å². The van der Waals surface area contributed by atoms with Crippen LogP contribution >= 0.6 is 0 Å². The van der Waals surface area contributed by atoms with E-state index in [1.165, 1.54) is 5.56 Å². The van der Waals surface area contributed by atoms with Crippen LogP contribution in [0.3, 0.4) is 0 Å².